The zero-order chi connectivity index (χ0) is 19.2. The number of methoxy groups -OCH3 is 2. The van der Waals surface area contributed by atoms with E-state index in [9.17, 15) is 4.39 Å². The zero-order valence-electron chi connectivity index (χ0n) is 16.0. The molecule has 150 valence electrons. The summed E-state index contributed by atoms with van der Waals surface area (Å²) < 4.78 is 24.0. The molecule has 1 heterocycles. The second-order valence-corrected chi connectivity index (χ2v) is 5.95. The number of halogens is 2. The van der Waals surface area contributed by atoms with E-state index >= 15 is 0 Å². The van der Waals surface area contributed by atoms with Gasteiger partial charge in [-0.25, -0.2) is 4.39 Å². The van der Waals surface area contributed by atoms with Crippen molar-refractivity contribution in [1.82, 2.24) is 10.3 Å². The van der Waals surface area contributed by atoms with E-state index in [0.29, 0.717) is 24.0 Å². The number of anilines is 1. The minimum Gasteiger partial charge on any atom is -0.493 e. The van der Waals surface area contributed by atoms with Crippen molar-refractivity contribution in [3.8, 4) is 11.5 Å². The summed E-state index contributed by atoms with van der Waals surface area (Å²) in [6.45, 7) is 0.649. The topological polar surface area (TPSA) is 70.7 Å². The van der Waals surface area contributed by atoms with Gasteiger partial charge in [0.25, 0.3) is 0 Å². The van der Waals surface area contributed by atoms with Crippen LogP contribution in [0.15, 0.2) is 47.6 Å². The second-order valence-electron chi connectivity index (χ2n) is 5.95. The number of hydrogen-bond donors (Lipinski definition) is 3. The van der Waals surface area contributed by atoms with E-state index in [2.05, 4.69) is 20.6 Å². The van der Waals surface area contributed by atoms with Gasteiger partial charge in [0, 0.05) is 42.4 Å². The van der Waals surface area contributed by atoms with E-state index in [1.54, 1.807) is 33.4 Å². The van der Waals surface area contributed by atoms with Gasteiger partial charge >= 0.3 is 0 Å². The van der Waals surface area contributed by atoms with Crippen molar-refractivity contribution >= 4 is 46.5 Å². The number of rotatable bonds is 6. The summed E-state index contributed by atoms with van der Waals surface area (Å²) in [5.41, 5.74) is 2.81. The van der Waals surface area contributed by atoms with E-state index in [1.165, 1.54) is 6.07 Å². The summed E-state index contributed by atoms with van der Waals surface area (Å²) in [5, 5.41) is 7.38. The quantitative estimate of drug-likeness (QED) is 0.271. The molecule has 0 saturated heterocycles. The first-order chi connectivity index (χ1) is 13.1. The number of hydrogen-bond acceptors (Lipinski definition) is 3. The summed E-state index contributed by atoms with van der Waals surface area (Å²) in [6, 6.07) is 10.3. The first-order valence-electron chi connectivity index (χ1n) is 8.60. The van der Waals surface area contributed by atoms with Crippen molar-refractivity contribution in [2.24, 2.45) is 4.99 Å². The van der Waals surface area contributed by atoms with Crippen molar-refractivity contribution < 1.29 is 13.9 Å². The van der Waals surface area contributed by atoms with Crippen LogP contribution in [-0.4, -0.2) is 38.8 Å². The number of fused-ring (bicyclic) bond motifs is 1. The highest BCUT2D eigenvalue weighted by Gasteiger charge is 2.08. The molecule has 0 amide bonds. The molecule has 0 spiro atoms. The number of ether oxygens (including phenoxy) is 2. The molecule has 0 bridgehead atoms. The smallest absolute Gasteiger partial charge is 0.195 e. The first-order valence-corrected chi connectivity index (χ1v) is 8.60. The minimum absolute atomic E-state index is 0. The van der Waals surface area contributed by atoms with E-state index < -0.39 is 0 Å². The molecule has 0 fully saturated rings. The second kappa shape index (κ2) is 10.2. The van der Waals surface area contributed by atoms with Crippen LogP contribution in [-0.2, 0) is 6.42 Å². The van der Waals surface area contributed by atoms with Gasteiger partial charge in [0.05, 0.1) is 14.2 Å². The van der Waals surface area contributed by atoms with Crippen LogP contribution >= 0.6 is 24.0 Å². The van der Waals surface area contributed by atoms with Crippen LogP contribution in [0.5, 0.6) is 11.5 Å². The molecule has 0 saturated carbocycles. The maximum atomic E-state index is 13.5. The summed E-state index contributed by atoms with van der Waals surface area (Å²) in [7, 11) is 4.90. The highest BCUT2D eigenvalue weighted by Crippen LogP contribution is 2.29. The van der Waals surface area contributed by atoms with Gasteiger partial charge in [-0.3, -0.25) is 4.99 Å². The third-order valence-corrected chi connectivity index (χ3v) is 4.29. The van der Waals surface area contributed by atoms with Crippen molar-refractivity contribution in [2.75, 3.05) is 33.1 Å². The number of aromatic amines is 1. The summed E-state index contributed by atoms with van der Waals surface area (Å²) in [5.74, 6) is 1.70. The van der Waals surface area contributed by atoms with Crippen LogP contribution in [0.2, 0.25) is 0 Å². The molecule has 3 N–H and O–H groups in total. The van der Waals surface area contributed by atoms with Gasteiger partial charge in [0.15, 0.2) is 17.5 Å². The Hall–Kier alpha value is -2.49. The molecule has 0 aliphatic heterocycles. The van der Waals surface area contributed by atoms with E-state index in [1.807, 2.05) is 24.4 Å². The molecule has 1 aromatic heterocycles. The lowest BCUT2D eigenvalue weighted by atomic mass is 10.1. The zero-order valence-corrected chi connectivity index (χ0v) is 18.3. The summed E-state index contributed by atoms with van der Waals surface area (Å²) >= 11 is 0. The van der Waals surface area contributed by atoms with Gasteiger partial charge in [0.1, 0.15) is 5.82 Å². The number of aromatic nitrogens is 1. The van der Waals surface area contributed by atoms with Gasteiger partial charge < -0.3 is 25.1 Å². The molecule has 0 atom stereocenters. The predicted molar refractivity (Wildman–Crippen MR) is 122 cm³/mol. The van der Waals surface area contributed by atoms with Crippen LogP contribution in [0.1, 0.15) is 5.56 Å². The average Bonchev–Trinajstić information content (AvgIpc) is 3.09. The fraction of sp³-hybridized carbons (Fsp3) is 0.250. The lowest BCUT2D eigenvalue weighted by molar-refractivity contribution is 0.355. The molecule has 3 aromatic rings. The van der Waals surface area contributed by atoms with Crippen molar-refractivity contribution in [3.05, 3.63) is 54.0 Å². The maximum Gasteiger partial charge on any atom is 0.195 e. The van der Waals surface area contributed by atoms with Gasteiger partial charge in [-0.1, -0.05) is 0 Å². The van der Waals surface area contributed by atoms with Crippen LogP contribution < -0.4 is 20.1 Å². The Balaban J connectivity index is 0.00000280. The molecule has 0 aliphatic rings. The van der Waals surface area contributed by atoms with Gasteiger partial charge in [0.2, 0.25) is 0 Å². The van der Waals surface area contributed by atoms with Gasteiger partial charge in [-0.05, 0) is 42.3 Å². The summed E-state index contributed by atoms with van der Waals surface area (Å²) in [6.07, 6.45) is 2.65. The third-order valence-electron chi connectivity index (χ3n) is 4.29. The van der Waals surface area contributed by atoms with Crippen molar-refractivity contribution in [2.45, 2.75) is 6.42 Å². The molecule has 8 heteroatoms. The lowest BCUT2D eigenvalue weighted by Gasteiger charge is -2.14. The molecule has 2 aromatic carbocycles. The SMILES string of the molecule is CN=C(NCCc1c[nH]c2ccc(F)cc12)Nc1ccc(OC)c(OC)c1.I. The Labute approximate surface area is 180 Å². The molecule has 0 unspecified atom stereocenters. The Morgan fingerprint density at radius 2 is 1.89 bits per heavy atom. The van der Waals surface area contributed by atoms with Crippen molar-refractivity contribution in [3.63, 3.8) is 0 Å². The van der Waals surface area contributed by atoms with Gasteiger partial charge in [-0.2, -0.15) is 0 Å². The van der Waals surface area contributed by atoms with Crippen LogP contribution in [0.25, 0.3) is 10.9 Å². The molecule has 28 heavy (non-hydrogen) atoms. The van der Waals surface area contributed by atoms with Crippen molar-refractivity contribution in [1.29, 1.82) is 0 Å². The average molecular weight is 498 g/mol. The molecule has 0 radical (unpaired) electrons. The molecular formula is C20H24FIN4O2. The summed E-state index contributed by atoms with van der Waals surface area (Å²) in [4.78, 5) is 7.40. The molecule has 3 rings (SSSR count). The van der Waals surface area contributed by atoms with Gasteiger partial charge in [-0.15, -0.1) is 24.0 Å². The number of aliphatic imine (C=N–C) groups is 1. The van der Waals surface area contributed by atoms with Crippen LogP contribution in [0.4, 0.5) is 10.1 Å². The van der Waals surface area contributed by atoms with Crippen LogP contribution in [0, 0.1) is 5.82 Å². The third kappa shape index (κ3) is 5.06. The largest absolute Gasteiger partial charge is 0.493 e. The fourth-order valence-corrected chi connectivity index (χ4v) is 2.90. The first kappa shape index (κ1) is 21.8. The monoisotopic (exact) mass is 498 g/mol. The predicted octanol–water partition coefficient (Wildman–Crippen LogP) is 4.17. The number of guanidine groups is 1. The minimum atomic E-state index is -0.234. The normalized spacial score (nSPS) is 11.1. The van der Waals surface area contributed by atoms with Crippen LogP contribution in [0.3, 0.4) is 0 Å². The van der Waals surface area contributed by atoms with E-state index in [0.717, 1.165) is 28.6 Å². The van der Waals surface area contributed by atoms with E-state index in [-0.39, 0.29) is 29.8 Å². The Kier molecular flexibility index (Phi) is 7.91. The maximum absolute atomic E-state index is 13.5. The Morgan fingerprint density at radius 1 is 1.11 bits per heavy atom. The molecule has 0 aliphatic carbocycles. The number of nitrogens with one attached hydrogen (secondary N) is 3. The molecule has 6 nitrogen and oxygen atoms in total. The lowest BCUT2D eigenvalue weighted by Crippen LogP contribution is -2.32. The number of H-pyrrole nitrogens is 1. The van der Waals surface area contributed by atoms with E-state index in [4.69, 9.17) is 9.47 Å². The highest BCUT2D eigenvalue weighted by atomic mass is 127. The number of benzene rings is 2. The fourth-order valence-electron chi connectivity index (χ4n) is 2.90. The Morgan fingerprint density at radius 3 is 2.61 bits per heavy atom. The standard InChI is InChI=1S/C20H23FN4O2.HI/c1-22-20(25-15-5-7-18(26-2)19(11-15)27-3)23-9-8-13-12-24-17-6-4-14(21)10-16(13)17;/h4-7,10-12,24H,8-9H2,1-3H3,(H2,22,23,25);1H. The number of nitrogens with zero attached hydrogens (tertiary/aromatic N) is 1. The Bertz CT molecular complexity index is 959. The molecular weight excluding hydrogens is 474 g/mol. The highest BCUT2D eigenvalue weighted by molar-refractivity contribution is 14.0.